The van der Waals surface area contributed by atoms with E-state index >= 15 is 0 Å². The fourth-order valence-corrected chi connectivity index (χ4v) is 3.79. The maximum atomic E-state index is 12.1. The standard InChI is InChI=1S/C19H22N2O2S/c1-14-6-8-15(9-7-14)23-12-11-20-19(22)21-17-10-13-24-18-5-3-2-4-16(17)18/h2-9,17H,10-13H2,1H3,(H2,20,21,22)/t17-/m0/s1. The summed E-state index contributed by atoms with van der Waals surface area (Å²) in [5, 5.41) is 5.92. The summed E-state index contributed by atoms with van der Waals surface area (Å²) in [6, 6.07) is 16.1. The lowest BCUT2D eigenvalue weighted by Crippen LogP contribution is -2.40. The Kier molecular flexibility index (Phi) is 5.64. The SMILES string of the molecule is Cc1ccc(OCCNC(=O)N[C@H]2CCSc3ccccc32)cc1. The van der Waals surface area contributed by atoms with E-state index in [1.54, 1.807) is 0 Å². The highest BCUT2D eigenvalue weighted by Gasteiger charge is 2.21. The number of ether oxygens (including phenoxy) is 1. The Hall–Kier alpha value is -2.14. The number of amides is 2. The fraction of sp³-hybridized carbons (Fsp3) is 0.316. The van der Waals surface area contributed by atoms with Gasteiger partial charge in [0.15, 0.2) is 0 Å². The third kappa shape index (κ3) is 4.45. The number of hydrogen-bond donors (Lipinski definition) is 2. The molecule has 2 N–H and O–H groups in total. The largest absolute Gasteiger partial charge is 0.492 e. The van der Waals surface area contributed by atoms with Crippen LogP contribution in [0.25, 0.3) is 0 Å². The van der Waals surface area contributed by atoms with Crippen molar-refractivity contribution < 1.29 is 9.53 Å². The van der Waals surface area contributed by atoms with E-state index in [-0.39, 0.29) is 12.1 Å². The van der Waals surface area contributed by atoms with Gasteiger partial charge >= 0.3 is 6.03 Å². The Bertz CT molecular complexity index is 688. The summed E-state index contributed by atoms with van der Waals surface area (Å²) in [6.45, 7) is 2.97. The molecule has 2 aromatic rings. The molecule has 126 valence electrons. The van der Waals surface area contributed by atoms with Crippen LogP contribution in [0.4, 0.5) is 4.79 Å². The minimum Gasteiger partial charge on any atom is -0.492 e. The number of fused-ring (bicyclic) bond motifs is 1. The first-order valence-electron chi connectivity index (χ1n) is 8.18. The first-order chi connectivity index (χ1) is 11.7. The molecule has 0 aromatic heterocycles. The lowest BCUT2D eigenvalue weighted by molar-refractivity contribution is 0.232. The molecule has 3 rings (SSSR count). The molecule has 0 bridgehead atoms. The molecule has 1 aliphatic heterocycles. The molecule has 0 spiro atoms. The van der Waals surface area contributed by atoms with Gasteiger partial charge in [-0.3, -0.25) is 0 Å². The van der Waals surface area contributed by atoms with Gasteiger partial charge < -0.3 is 15.4 Å². The number of nitrogens with one attached hydrogen (secondary N) is 2. The first kappa shape index (κ1) is 16.7. The number of thioether (sulfide) groups is 1. The van der Waals surface area contributed by atoms with Gasteiger partial charge in [-0.05, 0) is 37.1 Å². The number of aryl methyl sites for hydroxylation is 1. The topological polar surface area (TPSA) is 50.4 Å². The molecular formula is C19H22N2O2S. The van der Waals surface area contributed by atoms with Gasteiger partial charge in [0.25, 0.3) is 0 Å². The Balaban J connectivity index is 1.42. The zero-order valence-corrected chi connectivity index (χ0v) is 14.6. The monoisotopic (exact) mass is 342 g/mol. The second kappa shape index (κ2) is 8.11. The van der Waals surface area contributed by atoms with E-state index in [2.05, 4.69) is 22.8 Å². The molecule has 0 radical (unpaired) electrons. The summed E-state index contributed by atoms with van der Waals surface area (Å²) in [7, 11) is 0. The molecule has 2 aromatic carbocycles. The van der Waals surface area contributed by atoms with Crippen molar-refractivity contribution in [3.05, 3.63) is 59.7 Å². The predicted octanol–water partition coefficient (Wildman–Crippen LogP) is 3.91. The van der Waals surface area contributed by atoms with Gasteiger partial charge in [-0.15, -0.1) is 11.8 Å². The molecule has 4 nitrogen and oxygen atoms in total. The molecule has 1 aliphatic rings. The van der Waals surface area contributed by atoms with E-state index in [4.69, 9.17) is 4.74 Å². The first-order valence-corrected chi connectivity index (χ1v) is 9.16. The smallest absolute Gasteiger partial charge is 0.315 e. The minimum absolute atomic E-state index is 0.0838. The highest BCUT2D eigenvalue weighted by atomic mass is 32.2. The van der Waals surface area contributed by atoms with Crippen LogP contribution in [-0.4, -0.2) is 24.9 Å². The van der Waals surface area contributed by atoms with Crippen LogP contribution in [-0.2, 0) is 0 Å². The second-order valence-corrected chi connectivity index (χ2v) is 6.93. The molecular weight excluding hydrogens is 320 g/mol. The Morgan fingerprint density at radius 2 is 2.00 bits per heavy atom. The van der Waals surface area contributed by atoms with Crippen molar-refractivity contribution in [3.63, 3.8) is 0 Å². The molecule has 0 fully saturated rings. The van der Waals surface area contributed by atoms with Crippen molar-refractivity contribution in [1.82, 2.24) is 10.6 Å². The highest BCUT2D eigenvalue weighted by Crippen LogP contribution is 2.35. The van der Waals surface area contributed by atoms with Crippen molar-refractivity contribution in [3.8, 4) is 5.75 Å². The summed E-state index contributed by atoms with van der Waals surface area (Å²) in [5.41, 5.74) is 2.41. The van der Waals surface area contributed by atoms with Gasteiger partial charge in [-0.25, -0.2) is 4.79 Å². The lowest BCUT2D eigenvalue weighted by Gasteiger charge is -2.25. The molecule has 1 atom stereocenters. The molecule has 0 saturated carbocycles. The average molecular weight is 342 g/mol. The van der Waals surface area contributed by atoms with Crippen LogP contribution in [0.1, 0.15) is 23.6 Å². The number of rotatable bonds is 5. The maximum absolute atomic E-state index is 12.1. The second-order valence-electron chi connectivity index (χ2n) is 5.79. The van der Waals surface area contributed by atoms with Crippen LogP contribution >= 0.6 is 11.8 Å². The van der Waals surface area contributed by atoms with Crippen LogP contribution in [0.2, 0.25) is 0 Å². The molecule has 0 saturated heterocycles. The maximum Gasteiger partial charge on any atom is 0.315 e. The molecule has 1 heterocycles. The third-order valence-corrected chi connectivity index (χ3v) is 5.06. The molecule has 0 unspecified atom stereocenters. The third-order valence-electron chi connectivity index (χ3n) is 3.94. The summed E-state index contributed by atoms with van der Waals surface area (Å²) in [6.07, 6.45) is 0.953. The molecule has 0 aliphatic carbocycles. The summed E-state index contributed by atoms with van der Waals surface area (Å²) < 4.78 is 5.61. The number of urea groups is 1. The molecule has 24 heavy (non-hydrogen) atoms. The quantitative estimate of drug-likeness (QED) is 0.810. The van der Waals surface area contributed by atoms with Crippen molar-refractivity contribution in [2.75, 3.05) is 18.9 Å². The van der Waals surface area contributed by atoms with E-state index in [1.165, 1.54) is 16.0 Å². The van der Waals surface area contributed by atoms with E-state index in [1.807, 2.05) is 55.1 Å². The van der Waals surface area contributed by atoms with Gasteiger partial charge in [0, 0.05) is 10.6 Å². The minimum atomic E-state index is -0.144. The van der Waals surface area contributed by atoms with E-state index in [9.17, 15) is 4.79 Å². The highest BCUT2D eigenvalue weighted by molar-refractivity contribution is 7.99. The number of benzene rings is 2. The van der Waals surface area contributed by atoms with Gasteiger partial charge in [-0.2, -0.15) is 0 Å². The number of hydrogen-bond acceptors (Lipinski definition) is 3. The Morgan fingerprint density at radius 3 is 2.83 bits per heavy atom. The number of carbonyl (C=O) groups excluding carboxylic acids is 1. The normalized spacial score (nSPS) is 16.1. The van der Waals surface area contributed by atoms with Crippen molar-refractivity contribution in [1.29, 1.82) is 0 Å². The van der Waals surface area contributed by atoms with E-state index in [0.29, 0.717) is 13.2 Å². The van der Waals surface area contributed by atoms with E-state index < -0.39 is 0 Å². The van der Waals surface area contributed by atoms with Gasteiger partial charge in [0.1, 0.15) is 12.4 Å². The van der Waals surface area contributed by atoms with E-state index in [0.717, 1.165) is 17.9 Å². The summed E-state index contributed by atoms with van der Waals surface area (Å²) in [4.78, 5) is 13.4. The predicted molar refractivity (Wildman–Crippen MR) is 97.7 cm³/mol. The van der Waals surface area contributed by atoms with Gasteiger partial charge in [0.05, 0.1) is 12.6 Å². The van der Waals surface area contributed by atoms with Gasteiger partial charge in [0.2, 0.25) is 0 Å². The summed E-state index contributed by atoms with van der Waals surface area (Å²) >= 11 is 1.85. The van der Waals surface area contributed by atoms with Crippen LogP contribution in [0.5, 0.6) is 5.75 Å². The molecule has 2 amide bonds. The lowest BCUT2D eigenvalue weighted by atomic mass is 10.0. The van der Waals surface area contributed by atoms with Crippen molar-refractivity contribution in [2.45, 2.75) is 24.3 Å². The Morgan fingerprint density at radius 1 is 1.21 bits per heavy atom. The molecule has 5 heteroatoms. The van der Waals surface area contributed by atoms with Gasteiger partial charge in [-0.1, -0.05) is 35.9 Å². The zero-order chi connectivity index (χ0) is 16.8. The summed E-state index contributed by atoms with van der Waals surface area (Å²) in [5.74, 6) is 1.85. The van der Waals surface area contributed by atoms with Crippen molar-refractivity contribution in [2.24, 2.45) is 0 Å². The Labute approximate surface area is 147 Å². The number of carbonyl (C=O) groups is 1. The van der Waals surface area contributed by atoms with Crippen molar-refractivity contribution >= 4 is 17.8 Å². The van der Waals surface area contributed by atoms with Crippen LogP contribution in [0.15, 0.2) is 53.4 Å². The van der Waals surface area contributed by atoms with Crippen LogP contribution in [0, 0.1) is 6.92 Å². The van der Waals surface area contributed by atoms with Crippen LogP contribution in [0.3, 0.4) is 0 Å². The fourth-order valence-electron chi connectivity index (χ4n) is 2.67. The van der Waals surface area contributed by atoms with Crippen LogP contribution < -0.4 is 15.4 Å². The zero-order valence-electron chi connectivity index (χ0n) is 13.7. The average Bonchev–Trinajstić information content (AvgIpc) is 2.61.